The van der Waals surface area contributed by atoms with E-state index < -0.39 is 17.7 Å². The molecule has 1 amide bonds. The highest BCUT2D eigenvalue weighted by atomic mass is 79.9. The Balaban J connectivity index is 1.81. The van der Waals surface area contributed by atoms with E-state index in [4.69, 9.17) is 4.74 Å². The molecular formula is C22H20BrNO4. The monoisotopic (exact) mass is 441 g/mol. The number of carbonyl (C=O) groups is 2. The second-order valence-electron chi connectivity index (χ2n) is 7.00. The molecule has 2 atom stereocenters. The predicted molar refractivity (Wildman–Crippen MR) is 109 cm³/mol. The zero-order valence-electron chi connectivity index (χ0n) is 15.2. The molecule has 0 saturated carbocycles. The molecular weight excluding hydrogens is 422 g/mol. The van der Waals surface area contributed by atoms with Crippen LogP contribution in [-0.2, 0) is 14.3 Å². The largest absolute Gasteiger partial charge is 0.507 e. The van der Waals surface area contributed by atoms with Crippen molar-refractivity contribution in [3.8, 4) is 0 Å². The van der Waals surface area contributed by atoms with Crippen molar-refractivity contribution in [2.45, 2.75) is 25.0 Å². The van der Waals surface area contributed by atoms with Crippen LogP contribution in [0.15, 0.2) is 64.6 Å². The molecule has 0 aromatic heterocycles. The van der Waals surface area contributed by atoms with Crippen LogP contribution in [0.5, 0.6) is 0 Å². The van der Waals surface area contributed by atoms with Crippen LogP contribution in [-0.4, -0.2) is 41.0 Å². The van der Waals surface area contributed by atoms with Crippen molar-refractivity contribution in [1.29, 1.82) is 0 Å². The Labute approximate surface area is 171 Å². The summed E-state index contributed by atoms with van der Waals surface area (Å²) in [5.74, 6) is -1.41. The minimum Gasteiger partial charge on any atom is -0.507 e. The van der Waals surface area contributed by atoms with Crippen molar-refractivity contribution >= 4 is 33.4 Å². The minimum atomic E-state index is -0.660. The summed E-state index contributed by atoms with van der Waals surface area (Å²) < 4.78 is 6.59. The van der Waals surface area contributed by atoms with E-state index in [1.165, 1.54) is 4.90 Å². The number of aliphatic hydroxyl groups is 1. The number of hydrogen-bond donors (Lipinski definition) is 1. The van der Waals surface area contributed by atoms with Crippen molar-refractivity contribution in [1.82, 2.24) is 4.90 Å². The lowest BCUT2D eigenvalue weighted by Crippen LogP contribution is -2.36. The van der Waals surface area contributed by atoms with Crippen molar-refractivity contribution in [3.05, 3.63) is 75.8 Å². The van der Waals surface area contributed by atoms with Gasteiger partial charge in [-0.1, -0.05) is 58.4 Å². The fourth-order valence-corrected chi connectivity index (χ4v) is 4.08. The molecule has 0 radical (unpaired) electrons. The Morgan fingerprint density at radius 3 is 2.46 bits per heavy atom. The number of benzene rings is 2. The van der Waals surface area contributed by atoms with Gasteiger partial charge in [-0.25, -0.2) is 0 Å². The number of Topliss-reactive ketones (excluding diaryl/α,β-unsaturated/α-hetero) is 1. The van der Waals surface area contributed by atoms with E-state index in [-0.39, 0.29) is 17.4 Å². The highest BCUT2D eigenvalue weighted by molar-refractivity contribution is 9.10. The van der Waals surface area contributed by atoms with E-state index in [2.05, 4.69) is 15.9 Å². The third kappa shape index (κ3) is 3.50. The van der Waals surface area contributed by atoms with Gasteiger partial charge < -0.3 is 14.7 Å². The van der Waals surface area contributed by atoms with E-state index in [1.807, 2.05) is 30.3 Å². The standard InChI is InChI=1S/C22H20BrNO4/c23-16-10-8-14(9-11-16)19-18(20(25)15-5-2-1-3-6-15)21(26)22(27)24(19)13-17-7-4-12-28-17/h1-3,5-6,8-11,17,19,25H,4,7,12-13H2/t17-,19-/m0/s1. The van der Waals surface area contributed by atoms with Crippen molar-refractivity contribution < 1.29 is 19.4 Å². The first kappa shape index (κ1) is 18.9. The molecule has 6 heteroatoms. The van der Waals surface area contributed by atoms with Gasteiger partial charge in [-0.2, -0.15) is 0 Å². The van der Waals surface area contributed by atoms with Gasteiger partial charge in [-0.3, -0.25) is 9.59 Å². The molecule has 2 aromatic carbocycles. The molecule has 144 valence electrons. The Morgan fingerprint density at radius 1 is 1.11 bits per heavy atom. The van der Waals surface area contributed by atoms with Gasteiger partial charge in [0.25, 0.3) is 11.7 Å². The molecule has 2 heterocycles. The fourth-order valence-electron chi connectivity index (χ4n) is 3.82. The minimum absolute atomic E-state index is 0.0899. The lowest BCUT2D eigenvalue weighted by atomic mass is 9.95. The fraction of sp³-hybridized carbons (Fsp3) is 0.273. The van der Waals surface area contributed by atoms with Gasteiger partial charge in [0.15, 0.2) is 0 Å². The second-order valence-corrected chi connectivity index (χ2v) is 7.92. The summed E-state index contributed by atoms with van der Waals surface area (Å²) in [4.78, 5) is 27.3. The average Bonchev–Trinajstić information content (AvgIpc) is 3.31. The summed E-state index contributed by atoms with van der Waals surface area (Å²) in [5, 5.41) is 10.9. The van der Waals surface area contributed by atoms with Crippen LogP contribution in [0, 0.1) is 0 Å². The van der Waals surface area contributed by atoms with Gasteiger partial charge >= 0.3 is 0 Å². The van der Waals surface area contributed by atoms with Gasteiger partial charge in [-0.15, -0.1) is 0 Å². The van der Waals surface area contributed by atoms with Crippen molar-refractivity contribution in [2.24, 2.45) is 0 Å². The lowest BCUT2D eigenvalue weighted by molar-refractivity contribution is -0.140. The molecule has 0 bridgehead atoms. The topological polar surface area (TPSA) is 66.8 Å². The zero-order chi connectivity index (χ0) is 19.7. The highest BCUT2D eigenvalue weighted by Gasteiger charge is 2.46. The van der Waals surface area contributed by atoms with E-state index in [9.17, 15) is 14.7 Å². The van der Waals surface area contributed by atoms with Gasteiger partial charge in [-0.05, 0) is 30.5 Å². The number of aliphatic hydroxyl groups excluding tert-OH is 1. The number of carbonyl (C=O) groups excluding carboxylic acids is 2. The van der Waals surface area contributed by atoms with Gasteiger partial charge in [0.2, 0.25) is 0 Å². The Hall–Kier alpha value is -2.44. The first-order valence-electron chi connectivity index (χ1n) is 9.27. The van der Waals surface area contributed by atoms with Crippen molar-refractivity contribution in [2.75, 3.05) is 13.2 Å². The van der Waals surface area contributed by atoms with Crippen LogP contribution < -0.4 is 0 Å². The Bertz CT molecular complexity index is 917. The molecule has 2 aliphatic rings. The number of amides is 1. The maximum Gasteiger partial charge on any atom is 0.295 e. The number of ether oxygens (including phenoxy) is 1. The molecule has 1 N–H and O–H groups in total. The predicted octanol–water partition coefficient (Wildman–Crippen LogP) is 4.05. The summed E-state index contributed by atoms with van der Waals surface area (Å²) >= 11 is 3.42. The molecule has 2 aliphatic heterocycles. The molecule has 2 fully saturated rings. The van der Waals surface area contributed by atoms with Crippen LogP contribution in [0.2, 0.25) is 0 Å². The average molecular weight is 442 g/mol. The summed E-state index contributed by atoms with van der Waals surface area (Å²) in [6.45, 7) is 0.998. The smallest absolute Gasteiger partial charge is 0.295 e. The lowest BCUT2D eigenvalue weighted by Gasteiger charge is -2.27. The summed E-state index contributed by atoms with van der Waals surface area (Å²) in [6, 6.07) is 15.7. The van der Waals surface area contributed by atoms with E-state index >= 15 is 0 Å². The third-order valence-electron chi connectivity index (χ3n) is 5.20. The summed E-state index contributed by atoms with van der Waals surface area (Å²) in [7, 11) is 0. The molecule has 2 saturated heterocycles. The number of rotatable bonds is 4. The SMILES string of the molecule is O=C1C(=O)N(C[C@@H]2CCCO2)[C@@H](c2ccc(Br)cc2)C1=C(O)c1ccccc1. The van der Waals surface area contributed by atoms with E-state index in [0.717, 1.165) is 22.9 Å². The number of ketones is 1. The molecule has 0 spiro atoms. The summed E-state index contributed by atoms with van der Waals surface area (Å²) in [6.07, 6.45) is 1.71. The third-order valence-corrected chi connectivity index (χ3v) is 5.73. The van der Waals surface area contributed by atoms with E-state index in [0.29, 0.717) is 18.7 Å². The maximum atomic E-state index is 12.9. The van der Waals surface area contributed by atoms with Crippen LogP contribution in [0.25, 0.3) is 5.76 Å². The Kier molecular flexibility index (Phi) is 5.33. The quantitative estimate of drug-likeness (QED) is 0.441. The molecule has 4 rings (SSSR count). The molecule has 5 nitrogen and oxygen atoms in total. The van der Waals surface area contributed by atoms with E-state index in [1.54, 1.807) is 24.3 Å². The number of hydrogen-bond acceptors (Lipinski definition) is 4. The van der Waals surface area contributed by atoms with Gasteiger partial charge in [0.05, 0.1) is 17.7 Å². The van der Waals surface area contributed by atoms with Crippen LogP contribution in [0.1, 0.15) is 30.0 Å². The molecule has 0 aliphatic carbocycles. The van der Waals surface area contributed by atoms with Crippen LogP contribution in [0.4, 0.5) is 0 Å². The first-order chi connectivity index (χ1) is 13.6. The van der Waals surface area contributed by atoms with Gasteiger partial charge in [0.1, 0.15) is 5.76 Å². The van der Waals surface area contributed by atoms with Crippen LogP contribution in [0.3, 0.4) is 0 Å². The number of nitrogens with zero attached hydrogens (tertiary/aromatic N) is 1. The van der Waals surface area contributed by atoms with Crippen molar-refractivity contribution in [3.63, 3.8) is 0 Å². The highest BCUT2D eigenvalue weighted by Crippen LogP contribution is 2.40. The first-order valence-corrected chi connectivity index (χ1v) is 10.1. The Morgan fingerprint density at radius 2 is 1.82 bits per heavy atom. The summed E-state index contributed by atoms with van der Waals surface area (Å²) in [5.41, 5.74) is 1.41. The maximum absolute atomic E-state index is 12.9. The second kappa shape index (κ2) is 7.89. The molecule has 28 heavy (non-hydrogen) atoms. The van der Waals surface area contributed by atoms with Gasteiger partial charge in [0, 0.05) is 23.2 Å². The number of halogens is 1. The molecule has 2 aromatic rings. The van der Waals surface area contributed by atoms with Crippen LogP contribution >= 0.6 is 15.9 Å². The molecule has 0 unspecified atom stereocenters. The number of likely N-dealkylation sites (tertiary alicyclic amines) is 1. The normalized spacial score (nSPS) is 24.1. The zero-order valence-corrected chi connectivity index (χ0v) is 16.8.